The number of nitrogens with zero attached hydrogens (tertiary/aromatic N) is 1. The number of nitrogen functional groups attached to an aromatic ring is 1. The second kappa shape index (κ2) is 8.62. The number of hydrogen-bond acceptors (Lipinski definition) is 6. The summed E-state index contributed by atoms with van der Waals surface area (Å²) in [5.41, 5.74) is 4.90. The van der Waals surface area contributed by atoms with Gasteiger partial charge in [0.25, 0.3) is 11.6 Å². The summed E-state index contributed by atoms with van der Waals surface area (Å²) >= 11 is 0. The second-order valence-electron chi connectivity index (χ2n) is 5.80. The number of amides is 2. The number of anilines is 1. The Balaban J connectivity index is 2.66. The van der Waals surface area contributed by atoms with Crippen LogP contribution in [0, 0.1) is 16.0 Å². The lowest BCUT2D eigenvalue weighted by Crippen LogP contribution is -2.46. The van der Waals surface area contributed by atoms with Gasteiger partial charge in [0.2, 0.25) is 5.91 Å². The Morgan fingerprint density at radius 2 is 1.96 bits per heavy atom. The number of hydrogen-bond donors (Lipinski definition) is 4. The molecule has 0 aromatic heterocycles. The Hall–Kier alpha value is -3.17. The number of aliphatic carboxylic acids is 1. The van der Waals surface area contributed by atoms with Crippen LogP contribution in [0.25, 0.3) is 0 Å². The molecule has 0 heterocycles. The molecule has 0 aliphatic carbocycles. The molecule has 0 saturated heterocycles. The number of carboxylic acids is 1. The SMILES string of the molecule is CC(C)C[C@H](NC(=O)CNC(=O)c1ccc(N)c([N+](=O)[O-])c1)C(=O)O. The van der Waals surface area contributed by atoms with E-state index in [1.165, 1.54) is 12.1 Å². The maximum atomic E-state index is 12.0. The molecule has 0 fully saturated rings. The van der Waals surface area contributed by atoms with Gasteiger partial charge in [-0.3, -0.25) is 19.7 Å². The lowest BCUT2D eigenvalue weighted by molar-refractivity contribution is -0.383. The van der Waals surface area contributed by atoms with E-state index < -0.39 is 41.0 Å². The summed E-state index contributed by atoms with van der Waals surface area (Å²) in [7, 11) is 0. The van der Waals surface area contributed by atoms with E-state index in [0.29, 0.717) is 0 Å². The van der Waals surface area contributed by atoms with Gasteiger partial charge in [0.15, 0.2) is 0 Å². The van der Waals surface area contributed by atoms with Crippen LogP contribution in [0.2, 0.25) is 0 Å². The highest BCUT2D eigenvalue weighted by Gasteiger charge is 2.21. The van der Waals surface area contributed by atoms with Gasteiger partial charge in [-0.15, -0.1) is 0 Å². The summed E-state index contributed by atoms with van der Waals surface area (Å²) in [6.07, 6.45) is 0.249. The first kappa shape index (κ1) is 19.9. The van der Waals surface area contributed by atoms with E-state index in [0.717, 1.165) is 6.07 Å². The molecule has 0 unspecified atom stereocenters. The molecule has 10 nitrogen and oxygen atoms in total. The van der Waals surface area contributed by atoms with Gasteiger partial charge >= 0.3 is 5.97 Å². The van der Waals surface area contributed by atoms with Crippen LogP contribution in [0.5, 0.6) is 0 Å². The lowest BCUT2D eigenvalue weighted by Gasteiger charge is -2.16. The highest BCUT2D eigenvalue weighted by atomic mass is 16.6. The summed E-state index contributed by atoms with van der Waals surface area (Å²) < 4.78 is 0. The summed E-state index contributed by atoms with van der Waals surface area (Å²) in [6, 6.07) is 2.45. The highest BCUT2D eigenvalue weighted by Crippen LogP contribution is 2.22. The number of benzene rings is 1. The predicted octanol–water partition coefficient (Wildman–Crippen LogP) is 0.522. The molecule has 136 valence electrons. The van der Waals surface area contributed by atoms with Crippen LogP contribution in [0.1, 0.15) is 30.6 Å². The number of carbonyl (C=O) groups excluding carboxylic acids is 2. The first-order chi connectivity index (χ1) is 11.6. The number of nitro benzene ring substituents is 1. The number of carboxylic acid groups (broad SMARTS) is 1. The average molecular weight is 352 g/mol. The Labute approximate surface area is 143 Å². The van der Waals surface area contributed by atoms with Crippen LogP contribution in [0.15, 0.2) is 18.2 Å². The fraction of sp³-hybridized carbons (Fsp3) is 0.400. The van der Waals surface area contributed by atoms with Crippen molar-refractivity contribution in [3.05, 3.63) is 33.9 Å². The average Bonchev–Trinajstić information content (AvgIpc) is 2.51. The van der Waals surface area contributed by atoms with Crippen molar-refractivity contribution in [2.24, 2.45) is 5.92 Å². The van der Waals surface area contributed by atoms with Gasteiger partial charge in [-0.1, -0.05) is 13.8 Å². The number of nitrogens with one attached hydrogen (secondary N) is 2. The van der Waals surface area contributed by atoms with Gasteiger partial charge in [-0.25, -0.2) is 4.79 Å². The van der Waals surface area contributed by atoms with E-state index in [-0.39, 0.29) is 23.6 Å². The Morgan fingerprint density at radius 3 is 2.48 bits per heavy atom. The van der Waals surface area contributed by atoms with Crippen LogP contribution >= 0.6 is 0 Å². The first-order valence-corrected chi connectivity index (χ1v) is 7.46. The topological polar surface area (TPSA) is 165 Å². The van der Waals surface area contributed by atoms with Crippen molar-refractivity contribution in [1.82, 2.24) is 10.6 Å². The molecule has 0 saturated carbocycles. The number of rotatable bonds is 8. The third kappa shape index (κ3) is 6.09. The summed E-state index contributed by atoms with van der Waals surface area (Å²) in [5.74, 6) is -2.49. The molecule has 5 N–H and O–H groups in total. The molecule has 0 radical (unpaired) electrons. The van der Waals surface area contributed by atoms with Crippen LogP contribution in [0.4, 0.5) is 11.4 Å². The van der Waals surface area contributed by atoms with E-state index in [1.54, 1.807) is 0 Å². The maximum Gasteiger partial charge on any atom is 0.326 e. The van der Waals surface area contributed by atoms with E-state index in [2.05, 4.69) is 10.6 Å². The highest BCUT2D eigenvalue weighted by molar-refractivity contribution is 5.98. The molecular formula is C15H20N4O6. The molecule has 1 aromatic carbocycles. The molecule has 0 spiro atoms. The smallest absolute Gasteiger partial charge is 0.326 e. The number of carbonyl (C=O) groups is 3. The molecule has 0 aliphatic rings. The third-order valence-corrected chi connectivity index (χ3v) is 3.24. The van der Waals surface area contributed by atoms with Crippen molar-refractivity contribution in [3.8, 4) is 0 Å². The molecule has 2 amide bonds. The fourth-order valence-electron chi connectivity index (χ4n) is 2.04. The normalized spacial score (nSPS) is 11.6. The fourth-order valence-corrected chi connectivity index (χ4v) is 2.04. The van der Waals surface area contributed by atoms with Crippen molar-refractivity contribution in [3.63, 3.8) is 0 Å². The molecule has 1 rings (SSSR count). The zero-order valence-electron chi connectivity index (χ0n) is 13.8. The molecule has 10 heteroatoms. The molecule has 1 aromatic rings. The summed E-state index contributed by atoms with van der Waals surface area (Å²) in [5, 5.41) is 24.5. The Kier molecular flexibility index (Phi) is 6.85. The molecule has 0 bridgehead atoms. The van der Waals surface area contributed by atoms with E-state index in [4.69, 9.17) is 10.8 Å². The van der Waals surface area contributed by atoms with Gasteiger partial charge in [-0.2, -0.15) is 0 Å². The van der Waals surface area contributed by atoms with Crippen LogP contribution in [-0.4, -0.2) is 40.4 Å². The van der Waals surface area contributed by atoms with Crippen molar-refractivity contribution >= 4 is 29.2 Å². The van der Waals surface area contributed by atoms with Crippen molar-refractivity contribution in [2.45, 2.75) is 26.3 Å². The van der Waals surface area contributed by atoms with E-state index >= 15 is 0 Å². The first-order valence-electron chi connectivity index (χ1n) is 7.46. The zero-order chi connectivity index (χ0) is 19.1. The van der Waals surface area contributed by atoms with Gasteiger partial charge in [0, 0.05) is 11.6 Å². The van der Waals surface area contributed by atoms with Gasteiger partial charge in [-0.05, 0) is 24.5 Å². The van der Waals surface area contributed by atoms with Crippen molar-refractivity contribution < 1.29 is 24.4 Å². The van der Waals surface area contributed by atoms with E-state index in [9.17, 15) is 24.5 Å². The molecule has 1 atom stereocenters. The predicted molar refractivity (Wildman–Crippen MR) is 88.9 cm³/mol. The zero-order valence-corrected chi connectivity index (χ0v) is 13.8. The minimum Gasteiger partial charge on any atom is -0.480 e. The minimum absolute atomic E-state index is 0.0364. The summed E-state index contributed by atoms with van der Waals surface area (Å²) in [4.78, 5) is 44.9. The Morgan fingerprint density at radius 1 is 1.32 bits per heavy atom. The van der Waals surface area contributed by atoms with Crippen molar-refractivity contribution in [1.29, 1.82) is 0 Å². The molecular weight excluding hydrogens is 332 g/mol. The van der Waals surface area contributed by atoms with Crippen LogP contribution < -0.4 is 16.4 Å². The standard InChI is InChI=1S/C15H20N4O6/c1-8(2)5-11(15(22)23)18-13(20)7-17-14(21)9-3-4-10(16)12(6-9)19(24)25/h3-4,6,8,11H,5,7,16H2,1-2H3,(H,17,21)(H,18,20)(H,22,23)/t11-/m0/s1. The Bertz CT molecular complexity index is 689. The monoisotopic (exact) mass is 352 g/mol. The molecule has 25 heavy (non-hydrogen) atoms. The van der Waals surface area contributed by atoms with Crippen LogP contribution in [-0.2, 0) is 9.59 Å². The van der Waals surface area contributed by atoms with E-state index in [1.807, 2.05) is 13.8 Å². The van der Waals surface area contributed by atoms with Gasteiger partial charge < -0.3 is 21.5 Å². The number of nitro groups is 1. The quantitative estimate of drug-likeness (QED) is 0.301. The minimum atomic E-state index is -1.16. The maximum absolute atomic E-state index is 12.0. The van der Waals surface area contributed by atoms with Gasteiger partial charge in [0.05, 0.1) is 11.5 Å². The second-order valence-corrected chi connectivity index (χ2v) is 5.80. The number of nitrogens with two attached hydrogens (primary N) is 1. The summed E-state index contributed by atoms with van der Waals surface area (Å²) in [6.45, 7) is 3.18. The van der Waals surface area contributed by atoms with Crippen LogP contribution in [0.3, 0.4) is 0 Å². The third-order valence-electron chi connectivity index (χ3n) is 3.24. The largest absolute Gasteiger partial charge is 0.480 e. The lowest BCUT2D eigenvalue weighted by atomic mass is 10.0. The van der Waals surface area contributed by atoms with Crippen molar-refractivity contribution in [2.75, 3.05) is 12.3 Å². The van der Waals surface area contributed by atoms with Gasteiger partial charge in [0.1, 0.15) is 11.7 Å². The molecule has 0 aliphatic heterocycles.